The summed E-state index contributed by atoms with van der Waals surface area (Å²) >= 11 is 0. The van der Waals surface area contributed by atoms with Crippen LogP contribution in [0.4, 0.5) is 0 Å². The van der Waals surface area contributed by atoms with Gasteiger partial charge >= 0.3 is 0 Å². The predicted octanol–water partition coefficient (Wildman–Crippen LogP) is 3.43. The first kappa shape index (κ1) is 15.8. The molecule has 1 fully saturated rings. The Balaban J connectivity index is 1.66. The lowest BCUT2D eigenvalue weighted by Gasteiger charge is -2.12. The molecule has 1 aliphatic rings. The first-order valence-electron chi connectivity index (χ1n) is 8.43. The third kappa shape index (κ3) is 3.81. The van der Waals surface area contributed by atoms with E-state index in [0.717, 1.165) is 6.42 Å². The van der Waals surface area contributed by atoms with Crippen molar-refractivity contribution in [3.05, 3.63) is 52.8 Å². The average molecular weight is 311 g/mol. The molecule has 0 aliphatic heterocycles. The molecule has 0 radical (unpaired) electrons. The van der Waals surface area contributed by atoms with Crippen LogP contribution in [0.2, 0.25) is 0 Å². The van der Waals surface area contributed by atoms with Gasteiger partial charge in [0.1, 0.15) is 5.69 Å². The molecule has 0 unspecified atom stereocenters. The topological polar surface area (TPSA) is 46.9 Å². The molecule has 3 rings (SSSR count). The minimum atomic E-state index is -0.0909. The van der Waals surface area contributed by atoms with Crippen molar-refractivity contribution in [1.82, 2.24) is 15.1 Å². The number of benzene rings is 1. The molecule has 0 spiro atoms. The largest absolute Gasteiger partial charge is 0.347 e. The molecule has 1 N–H and O–H groups in total. The third-order valence-electron chi connectivity index (χ3n) is 4.33. The first-order chi connectivity index (χ1) is 11.0. The Kier molecular flexibility index (Phi) is 4.51. The van der Waals surface area contributed by atoms with Crippen LogP contribution in [0.1, 0.15) is 59.9 Å². The van der Waals surface area contributed by atoms with Crippen molar-refractivity contribution in [3.63, 3.8) is 0 Å². The maximum absolute atomic E-state index is 12.4. The second-order valence-corrected chi connectivity index (χ2v) is 6.90. The molecule has 122 valence electrons. The van der Waals surface area contributed by atoms with Gasteiger partial charge in [-0.05, 0) is 42.4 Å². The normalized spacial score (nSPS) is 14.3. The van der Waals surface area contributed by atoms with E-state index in [2.05, 4.69) is 42.5 Å². The summed E-state index contributed by atoms with van der Waals surface area (Å²) in [5.41, 5.74) is 4.20. The number of carbonyl (C=O) groups is 1. The van der Waals surface area contributed by atoms with Crippen LogP contribution in [0.25, 0.3) is 0 Å². The number of nitrogens with zero attached hydrogens (tertiary/aromatic N) is 2. The lowest BCUT2D eigenvalue weighted by molar-refractivity contribution is 0.0945. The number of amides is 1. The van der Waals surface area contributed by atoms with Crippen molar-refractivity contribution < 1.29 is 4.79 Å². The van der Waals surface area contributed by atoms with E-state index in [4.69, 9.17) is 0 Å². The number of rotatable bonds is 6. The van der Waals surface area contributed by atoms with Gasteiger partial charge in [0, 0.05) is 25.2 Å². The Morgan fingerprint density at radius 1 is 1.30 bits per heavy atom. The number of carbonyl (C=O) groups excluding carboxylic acids is 1. The second kappa shape index (κ2) is 6.57. The van der Waals surface area contributed by atoms with Gasteiger partial charge in [-0.2, -0.15) is 5.10 Å². The van der Waals surface area contributed by atoms with E-state index >= 15 is 0 Å². The van der Waals surface area contributed by atoms with Gasteiger partial charge in [-0.1, -0.05) is 38.1 Å². The number of hydrogen-bond donors (Lipinski definition) is 1. The highest BCUT2D eigenvalue weighted by atomic mass is 16.1. The van der Waals surface area contributed by atoms with Crippen LogP contribution >= 0.6 is 0 Å². The molecule has 2 aromatic rings. The van der Waals surface area contributed by atoms with E-state index < -0.39 is 0 Å². The van der Waals surface area contributed by atoms with E-state index in [9.17, 15) is 4.79 Å². The average Bonchev–Trinajstić information content (AvgIpc) is 3.28. The van der Waals surface area contributed by atoms with Crippen LogP contribution in [0.5, 0.6) is 0 Å². The maximum Gasteiger partial charge on any atom is 0.272 e. The Morgan fingerprint density at radius 2 is 2.00 bits per heavy atom. The highest BCUT2D eigenvalue weighted by Gasteiger charge is 2.28. The summed E-state index contributed by atoms with van der Waals surface area (Å²) in [6.07, 6.45) is 3.45. The monoisotopic (exact) mass is 311 g/mol. The van der Waals surface area contributed by atoms with Crippen LogP contribution in [0.3, 0.4) is 0 Å². The Bertz CT molecular complexity index is 698. The van der Waals surface area contributed by atoms with E-state index in [0.29, 0.717) is 24.1 Å². The van der Waals surface area contributed by atoms with Gasteiger partial charge in [-0.15, -0.1) is 0 Å². The molecular formula is C19H25N3O. The Morgan fingerprint density at radius 3 is 2.65 bits per heavy atom. The van der Waals surface area contributed by atoms with E-state index in [1.807, 2.05) is 23.9 Å². The quantitative estimate of drug-likeness (QED) is 0.888. The summed E-state index contributed by atoms with van der Waals surface area (Å²) in [4.78, 5) is 12.4. The molecule has 1 heterocycles. The van der Waals surface area contributed by atoms with Crippen LogP contribution in [-0.2, 0) is 20.0 Å². The fourth-order valence-electron chi connectivity index (χ4n) is 2.99. The molecular weight excluding hydrogens is 286 g/mol. The summed E-state index contributed by atoms with van der Waals surface area (Å²) in [6, 6.07) is 10.3. The summed E-state index contributed by atoms with van der Waals surface area (Å²) < 4.78 is 1.85. The van der Waals surface area contributed by atoms with Crippen molar-refractivity contribution in [2.45, 2.75) is 45.6 Å². The lowest BCUT2D eigenvalue weighted by atomic mass is 9.98. The van der Waals surface area contributed by atoms with Gasteiger partial charge in [0.15, 0.2) is 0 Å². The van der Waals surface area contributed by atoms with E-state index in [1.54, 1.807) is 0 Å². The molecule has 23 heavy (non-hydrogen) atoms. The van der Waals surface area contributed by atoms with Crippen molar-refractivity contribution in [1.29, 1.82) is 0 Å². The van der Waals surface area contributed by atoms with Crippen LogP contribution in [-0.4, -0.2) is 15.7 Å². The molecule has 0 atom stereocenters. The number of aromatic nitrogens is 2. The fraction of sp³-hybridized carbons (Fsp3) is 0.474. The molecule has 0 saturated heterocycles. The van der Waals surface area contributed by atoms with Crippen molar-refractivity contribution >= 4 is 5.91 Å². The van der Waals surface area contributed by atoms with Gasteiger partial charge in [0.05, 0.1) is 0 Å². The minimum Gasteiger partial charge on any atom is -0.347 e. The Hall–Kier alpha value is -2.10. The highest BCUT2D eigenvalue weighted by molar-refractivity contribution is 5.92. The predicted molar refractivity (Wildman–Crippen MR) is 91.3 cm³/mol. The zero-order valence-electron chi connectivity index (χ0n) is 14.2. The molecule has 1 amide bonds. The second-order valence-electron chi connectivity index (χ2n) is 6.90. The fourth-order valence-corrected chi connectivity index (χ4v) is 2.99. The van der Waals surface area contributed by atoms with Gasteiger partial charge in [-0.3, -0.25) is 9.48 Å². The van der Waals surface area contributed by atoms with Crippen molar-refractivity contribution in [2.24, 2.45) is 13.0 Å². The SMILES string of the molecule is CC(C)Cc1ccccc1CNC(=O)c1cc(C2CC2)n(C)n1. The molecule has 1 saturated carbocycles. The van der Waals surface area contributed by atoms with Gasteiger partial charge in [-0.25, -0.2) is 0 Å². The smallest absolute Gasteiger partial charge is 0.272 e. The molecule has 1 aromatic carbocycles. The third-order valence-corrected chi connectivity index (χ3v) is 4.33. The van der Waals surface area contributed by atoms with Gasteiger partial charge < -0.3 is 5.32 Å². The first-order valence-corrected chi connectivity index (χ1v) is 8.43. The standard InChI is InChI=1S/C19H25N3O/c1-13(2)10-15-6-4-5-7-16(15)12-20-19(23)17-11-18(14-8-9-14)22(3)21-17/h4-7,11,13-14H,8-10,12H2,1-3H3,(H,20,23). The number of aryl methyl sites for hydroxylation is 1. The summed E-state index contributed by atoms with van der Waals surface area (Å²) in [7, 11) is 1.92. The molecule has 0 bridgehead atoms. The van der Waals surface area contributed by atoms with E-state index in [-0.39, 0.29) is 5.91 Å². The molecule has 4 heteroatoms. The lowest BCUT2D eigenvalue weighted by Crippen LogP contribution is -2.24. The van der Waals surface area contributed by atoms with Gasteiger partial charge in [0.2, 0.25) is 0 Å². The molecule has 1 aliphatic carbocycles. The maximum atomic E-state index is 12.4. The zero-order valence-corrected chi connectivity index (χ0v) is 14.2. The number of hydrogen-bond acceptors (Lipinski definition) is 2. The van der Waals surface area contributed by atoms with E-state index in [1.165, 1.54) is 29.7 Å². The van der Waals surface area contributed by atoms with Crippen LogP contribution in [0.15, 0.2) is 30.3 Å². The summed E-state index contributed by atoms with van der Waals surface area (Å²) in [5, 5.41) is 7.37. The zero-order chi connectivity index (χ0) is 16.4. The highest BCUT2D eigenvalue weighted by Crippen LogP contribution is 2.39. The number of nitrogens with one attached hydrogen (secondary N) is 1. The Labute approximate surface area is 137 Å². The van der Waals surface area contributed by atoms with Gasteiger partial charge in [0.25, 0.3) is 5.91 Å². The van der Waals surface area contributed by atoms with Crippen LogP contribution in [0, 0.1) is 5.92 Å². The molecule has 1 aromatic heterocycles. The summed E-state index contributed by atoms with van der Waals surface area (Å²) in [6.45, 7) is 4.97. The summed E-state index contributed by atoms with van der Waals surface area (Å²) in [5.74, 6) is 1.11. The minimum absolute atomic E-state index is 0.0909. The van der Waals surface area contributed by atoms with Crippen molar-refractivity contribution in [2.75, 3.05) is 0 Å². The van der Waals surface area contributed by atoms with Crippen molar-refractivity contribution in [3.8, 4) is 0 Å². The molecule has 4 nitrogen and oxygen atoms in total. The van der Waals surface area contributed by atoms with Crippen LogP contribution < -0.4 is 5.32 Å².